The van der Waals surface area contributed by atoms with Crippen LogP contribution < -0.4 is 15.0 Å². The minimum atomic E-state index is -0.783. The van der Waals surface area contributed by atoms with E-state index in [1.165, 1.54) is 0 Å². The van der Waals surface area contributed by atoms with Gasteiger partial charge in [-0.2, -0.15) is 0 Å². The summed E-state index contributed by atoms with van der Waals surface area (Å²) in [5, 5.41) is 12.7. The lowest BCUT2D eigenvalue weighted by Crippen LogP contribution is -2.47. The highest BCUT2D eigenvalue weighted by molar-refractivity contribution is 6.35. The number of aromatic nitrogens is 3. The minimum absolute atomic E-state index is 0.0942. The molecule has 234 valence electrons. The van der Waals surface area contributed by atoms with Gasteiger partial charge in [-0.05, 0) is 61.7 Å². The highest BCUT2D eigenvalue weighted by atomic mass is 35.5. The highest BCUT2D eigenvalue weighted by Gasteiger charge is 2.22. The van der Waals surface area contributed by atoms with Crippen molar-refractivity contribution in [2.45, 2.75) is 32.2 Å². The van der Waals surface area contributed by atoms with Gasteiger partial charge in [0, 0.05) is 74.4 Å². The Bertz CT molecular complexity index is 1420. The number of amides is 1. The molecule has 0 saturated carbocycles. The van der Waals surface area contributed by atoms with Crippen molar-refractivity contribution in [2.24, 2.45) is 5.92 Å². The normalized spacial score (nSPS) is 16.6. The van der Waals surface area contributed by atoms with Crippen LogP contribution in [-0.4, -0.2) is 94.6 Å². The number of rotatable bonds is 11. The van der Waals surface area contributed by atoms with Crippen molar-refractivity contribution in [1.82, 2.24) is 30.1 Å². The number of hydrogen-bond acceptors (Lipinski definition) is 9. The summed E-state index contributed by atoms with van der Waals surface area (Å²) >= 11 is 12.6. The van der Waals surface area contributed by atoms with Crippen LogP contribution in [0.25, 0.3) is 11.3 Å². The number of likely N-dealkylation sites (tertiary alicyclic amines) is 1. The van der Waals surface area contributed by atoms with Crippen molar-refractivity contribution < 1.29 is 19.4 Å². The number of piperazine rings is 1. The zero-order chi connectivity index (χ0) is 31.1. The maximum Gasteiger partial charge on any atom is 0.304 e. The van der Waals surface area contributed by atoms with Crippen LogP contribution in [0.4, 0.5) is 5.95 Å². The lowest BCUT2D eigenvalue weighted by atomic mass is 9.93. The number of hydrogen-bond donors (Lipinski definition) is 2. The van der Waals surface area contributed by atoms with Crippen LogP contribution in [-0.2, 0) is 16.1 Å². The lowest BCUT2D eigenvalue weighted by Gasteiger charge is -2.34. The van der Waals surface area contributed by atoms with Crippen LogP contribution in [0.3, 0.4) is 0 Å². The lowest BCUT2D eigenvalue weighted by molar-refractivity contribution is -0.137. The van der Waals surface area contributed by atoms with E-state index in [2.05, 4.69) is 30.0 Å². The number of nitrogens with one attached hydrogen (secondary N) is 1. The maximum atomic E-state index is 11.8. The predicted octanol–water partition coefficient (Wildman–Crippen LogP) is 4.58. The summed E-state index contributed by atoms with van der Waals surface area (Å²) in [4.78, 5) is 43.1. The predicted molar refractivity (Wildman–Crippen MR) is 169 cm³/mol. The van der Waals surface area contributed by atoms with Gasteiger partial charge in [0.2, 0.25) is 17.7 Å². The molecule has 0 spiro atoms. The zero-order valence-electron chi connectivity index (χ0n) is 24.7. The number of aliphatic carboxylic acids is 1. The van der Waals surface area contributed by atoms with Crippen molar-refractivity contribution in [2.75, 3.05) is 57.8 Å². The van der Waals surface area contributed by atoms with Gasteiger partial charge in [-0.15, -0.1) is 0 Å². The number of benzene rings is 1. The average molecular weight is 643 g/mol. The van der Waals surface area contributed by atoms with Gasteiger partial charge in [-0.3, -0.25) is 19.4 Å². The first-order chi connectivity index (χ1) is 21.2. The van der Waals surface area contributed by atoms with Crippen LogP contribution in [0.1, 0.15) is 31.2 Å². The maximum absolute atomic E-state index is 11.8. The van der Waals surface area contributed by atoms with E-state index in [0.29, 0.717) is 58.7 Å². The number of carbonyl (C=O) groups is 2. The fourth-order valence-corrected chi connectivity index (χ4v) is 6.12. The third-order valence-corrected chi connectivity index (χ3v) is 8.46. The first-order valence-electron chi connectivity index (χ1n) is 14.8. The summed E-state index contributed by atoms with van der Waals surface area (Å²) in [6, 6.07) is 9.29. The Hall–Kier alpha value is -3.51. The van der Waals surface area contributed by atoms with Gasteiger partial charge in [0.25, 0.3) is 0 Å². The molecule has 0 bridgehead atoms. The molecule has 2 saturated heterocycles. The van der Waals surface area contributed by atoms with E-state index in [-0.39, 0.29) is 12.3 Å². The second-order valence-corrected chi connectivity index (χ2v) is 12.1. The van der Waals surface area contributed by atoms with Gasteiger partial charge in [0.15, 0.2) is 5.75 Å². The third-order valence-electron chi connectivity index (χ3n) is 8.02. The zero-order valence-corrected chi connectivity index (χ0v) is 26.2. The van der Waals surface area contributed by atoms with Gasteiger partial charge in [-0.25, -0.2) is 15.0 Å². The monoisotopic (exact) mass is 641 g/mol. The van der Waals surface area contributed by atoms with E-state index in [1.807, 2.05) is 24.3 Å². The van der Waals surface area contributed by atoms with E-state index in [0.717, 1.165) is 63.2 Å². The van der Waals surface area contributed by atoms with Crippen LogP contribution in [0.2, 0.25) is 10.0 Å². The van der Waals surface area contributed by atoms with Crippen molar-refractivity contribution in [1.29, 1.82) is 0 Å². The molecule has 2 aromatic heterocycles. The van der Waals surface area contributed by atoms with E-state index < -0.39 is 5.97 Å². The molecule has 0 unspecified atom stereocenters. The van der Waals surface area contributed by atoms with Crippen molar-refractivity contribution in [3.8, 4) is 22.9 Å². The number of anilines is 1. The standard InChI is InChI=1S/C31H37Cl2N7O4/c1-34-28(41)13-21-2-5-39(6-3-21)20-22-12-27(23-15-24(32)17-25(33)16-23)37-29(14-22)44-26-18-35-31(36-19-26)40-10-8-38(9-11-40)7-4-30(42)43/h12,14-19,21H,2-11,13,20H2,1H3,(H,34,41)(H,42,43). The fourth-order valence-electron chi connectivity index (χ4n) is 5.59. The second-order valence-electron chi connectivity index (χ2n) is 11.2. The van der Waals surface area contributed by atoms with Crippen molar-refractivity contribution >= 4 is 41.0 Å². The van der Waals surface area contributed by atoms with E-state index in [4.69, 9.17) is 38.0 Å². The number of carboxylic acids is 1. The smallest absolute Gasteiger partial charge is 0.304 e. The van der Waals surface area contributed by atoms with Crippen molar-refractivity contribution in [3.05, 3.63) is 58.3 Å². The van der Waals surface area contributed by atoms with Gasteiger partial charge >= 0.3 is 5.97 Å². The Kier molecular flexibility index (Phi) is 10.9. The fraction of sp³-hybridized carbons (Fsp3) is 0.452. The summed E-state index contributed by atoms with van der Waals surface area (Å²) < 4.78 is 6.17. The minimum Gasteiger partial charge on any atom is -0.481 e. The molecule has 0 radical (unpaired) electrons. The molecule has 13 heteroatoms. The molecule has 3 aromatic rings. The molecule has 2 fully saturated rings. The first-order valence-corrected chi connectivity index (χ1v) is 15.6. The molecule has 2 N–H and O–H groups in total. The van der Waals surface area contributed by atoms with E-state index in [1.54, 1.807) is 25.5 Å². The molecule has 1 amide bonds. The Morgan fingerprint density at radius 3 is 2.27 bits per heavy atom. The average Bonchev–Trinajstić information content (AvgIpc) is 3.01. The SMILES string of the molecule is CNC(=O)CC1CCN(Cc2cc(Oc3cnc(N4CCN(CCC(=O)O)CC4)nc3)nc(-c3cc(Cl)cc(Cl)c3)c2)CC1. The van der Waals surface area contributed by atoms with Gasteiger partial charge in [0.1, 0.15) is 0 Å². The summed E-state index contributed by atoms with van der Waals surface area (Å²) in [6.45, 7) is 6.02. The summed E-state index contributed by atoms with van der Waals surface area (Å²) in [6.07, 6.45) is 5.93. The van der Waals surface area contributed by atoms with Gasteiger partial charge < -0.3 is 20.1 Å². The van der Waals surface area contributed by atoms with Crippen LogP contribution in [0.5, 0.6) is 11.6 Å². The Morgan fingerprint density at radius 1 is 0.955 bits per heavy atom. The second kappa shape index (κ2) is 15.0. The van der Waals surface area contributed by atoms with E-state index >= 15 is 0 Å². The largest absolute Gasteiger partial charge is 0.481 e. The molecular formula is C31H37Cl2N7O4. The number of carbonyl (C=O) groups excluding carboxylic acids is 1. The summed E-state index contributed by atoms with van der Waals surface area (Å²) in [5.74, 6) is 1.18. The summed E-state index contributed by atoms with van der Waals surface area (Å²) in [5.41, 5.74) is 2.51. The van der Waals surface area contributed by atoms with E-state index in [9.17, 15) is 9.59 Å². The molecule has 4 heterocycles. The molecule has 0 aliphatic carbocycles. The molecule has 2 aliphatic heterocycles. The number of ether oxygens (including phenoxy) is 1. The Labute approximate surface area is 267 Å². The van der Waals surface area contributed by atoms with Gasteiger partial charge in [0.05, 0.1) is 24.5 Å². The number of halogens is 2. The number of piperidine rings is 1. The first kappa shape index (κ1) is 31.9. The Balaban J connectivity index is 1.28. The topological polar surface area (TPSA) is 124 Å². The van der Waals surface area contributed by atoms with Gasteiger partial charge in [-0.1, -0.05) is 23.2 Å². The number of carboxylic acid groups (broad SMARTS) is 1. The molecule has 0 atom stereocenters. The van der Waals surface area contributed by atoms with Crippen LogP contribution in [0, 0.1) is 5.92 Å². The van der Waals surface area contributed by atoms with Crippen LogP contribution >= 0.6 is 23.2 Å². The third kappa shape index (κ3) is 9.01. The molecule has 11 nitrogen and oxygen atoms in total. The van der Waals surface area contributed by atoms with Crippen LogP contribution in [0.15, 0.2) is 42.7 Å². The van der Waals surface area contributed by atoms with Crippen molar-refractivity contribution in [3.63, 3.8) is 0 Å². The molecule has 2 aliphatic rings. The molecule has 1 aromatic carbocycles. The number of pyridine rings is 1. The number of nitrogens with zero attached hydrogens (tertiary/aromatic N) is 6. The summed E-state index contributed by atoms with van der Waals surface area (Å²) in [7, 11) is 1.68. The molecule has 5 rings (SSSR count). The quantitative estimate of drug-likeness (QED) is 0.307. The molecular weight excluding hydrogens is 605 g/mol. The molecule has 44 heavy (non-hydrogen) atoms. The Morgan fingerprint density at radius 2 is 1.64 bits per heavy atom. The highest BCUT2D eigenvalue weighted by Crippen LogP contribution is 2.31.